The number of carbonyl (C=O) groups excluding carboxylic acids is 1. The van der Waals surface area contributed by atoms with Gasteiger partial charge in [0, 0.05) is 26.6 Å². The molecule has 0 heterocycles. The molecule has 0 saturated heterocycles. The minimum Gasteiger partial charge on any atom is -0.466 e. The van der Waals surface area contributed by atoms with Gasteiger partial charge in [-0.15, -0.1) is 0 Å². The van der Waals surface area contributed by atoms with E-state index in [1.165, 1.54) is 6.92 Å². The van der Waals surface area contributed by atoms with Crippen LogP contribution in [0.15, 0.2) is 0 Å². The van der Waals surface area contributed by atoms with Crippen molar-refractivity contribution < 1.29 is 14.3 Å². The quantitative estimate of drug-likeness (QED) is 0.428. The van der Waals surface area contributed by atoms with Crippen LogP contribution >= 0.6 is 0 Å². The topological polar surface area (TPSA) is 35.5 Å². The molecule has 3 heteroatoms. The summed E-state index contributed by atoms with van der Waals surface area (Å²) in [6, 6.07) is 0. The van der Waals surface area contributed by atoms with Crippen LogP contribution in [-0.2, 0) is 14.3 Å². The van der Waals surface area contributed by atoms with Crippen molar-refractivity contribution >= 4 is 5.97 Å². The maximum Gasteiger partial charge on any atom is 0.302 e. The fraction of sp³-hybridized carbons (Fsp3) is 0.857. The number of hydrogen-bond acceptors (Lipinski definition) is 3. The van der Waals surface area contributed by atoms with E-state index in [4.69, 9.17) is 4.74 Å². The Morgan fingerprint density at radius 3 is 2.60 bits per heavy atom. The van der Waals surface area contributed by atoms with Gasteiger partial charge in [0.1, 0.15) is 0 Å². The number of carbonyl (C=O) groups is 1. The number of hydrogen-bond donors (Lipinski definition) is 0. The molecule has 0 aromatic heterocycles. The average molecular weight is 146 g/mol. The van der Waals surface area contributed by atoms with E-state index < -0.39 is 0 Å². The lowest BCUT2D eigenvalue weighted by atomic mass is 10.5. The smallest absolute Gasteiger partial charge is 0.302 e. The Hall–Kier alpha value is -0.570. The lowest BCUT2D eigenvalue weighted by Crippen LogP contribution is -2.03. The SMILES string of the molecule is CCOCCCOC(C)=O. The van der Waals surface area contributed by atoms with E-state index >= 15 is 0 Å². The summed E-state index contributed by atoms with van der Waals surface area (Å²) in [7, 11) is 0. The zero-order chi connectivity index (χ0) is 7.82. The van der Waals surface area contributed by atoms with Gasteiger partial charge in [-0.1, -0.05) is 0 Å². The third-order valence-electron chi connectivity index (χ3n) is 0.942. The summed E-state index contributed by atoms with van der Waals surface area (Å²) in [4.78, 5) is 10.2. The third-order valence-corrected chi connectivity index (χ3v) is 0.942. The Morgan fingerprint density at radius 1 is 1.40 bits per heavy atom. The molecule has 0 unspecified atom stereocenters. The molecular weight excluding hydrogens is 132 g/mol. The number of ether oxygens (including phenoxy) is 2. The molecule has 0 aliphatic carbocycles. The molecule has 0 N–H and O–H groups in total. The fourth-order valence-electron chi connectivity index (χ4n) is 0.521. The van der Waals surface area contributed by atoms with Crippen molar-refractivity contribution in [1.82, 2.24) is 0 Å². The summed E-state index contributed by atoms with van der Waals surface area (Å²) in [5, 5.41) is 0. The zero-order valence-electron chi connectivity index (χ0n) is 6.55. The maximum atomic E-state index is 10.2. The molecule has 0 amide bonds. The normalized spacial score (nSPS) is 9.40. The van der Waals surface area contributed by atoms with Gasteiger partial charge in [0.05, 0.1) is 6.61 Å². The molecule has 0 rings (SSSR count). The van der Waals surface area contributed by atoms with E-state index in [0.29, 0.717) is 13.2 Å². The summed E-state index contributed by atoms with van der Waals surface area (Å²) in [5.74, 6) is -0.225. The first-order chi connectivity index (χ1) is 4.77. The molecule has 0 fully saturated rings. The minimum atomic E-state index is -0.225. The largest absolute Gasteiger partial charge is 0.466 e. The first-order valence-electron chi connectivity index (χ1n) is 3.48. The number of rotatable bonds is 5. The van der Waals surface area contributed by atoms with Crippen molar-refractivity contribution in [3.8, 4) is 0 Å². The summed E-state index contributed by atoms with van der Waals surface area (Å²) in [6.07, 6.45) is 0.785. The first kappa shape index (κ1) is 9.43. The van der Waals surface area contributed by atoms with Gasteiger partial charge in [0.2, 0.25) is 0 Å². The number of esters is 1. The highest BCUT2D eigenvalue weighted by Crippen LogP contribution is 1.84. The van der Waals surface area contributed by atoms with Crippen LogP contribution < -0.4 is 0 Å². The Balaban J connectivity index is 2.84. The van der Waals surface area contributed by atoms with Crippen LogP contribution in [0.2, 0.25) is 0 Å². The summed E-state index contributed by atoms with van der Waals surface area (Å²) >= 11 is 0. The summed E-state index contributed by atoms with van der Waals surface area (Å²) in [6.45, 7) is 5.20. The second-order valence-electron chi connectivity index (χ2n) is 1.89. The molecule has 0 spiro atoms. The lowest BCUT2D eigenvalue weighted by molar-refractivity contribution is -0.141. The fourth-order valence-corrected chi connectivity index (χ4v) is 0.521. The second-order valence-corrected chi connectivity index (χ2v) is 1.89. The zero-order valence-corrected chi connectivity index (χ0v) is 6.55. The molecule has 0 saturated carbocycles. The van der Waals surface area contributed by atoms with Crippen molar-refractivity contribution in [3.63, 3.8) is 0 Å². The Labute approximate surface area is 61.3 Å². The monoisotopic (exact) mass is 146 g/mol. The van der Waals surface area contributed by atoms with Crippen LogP contribution in [0.3, 0.4) is 0 Å². The summed E-state index contributed by atoms with van der Waals surface area (Å²) in [5.41, 5.74) is 0. The van der Waals surface area contributed by atoms with E-state index in [2.05, 4.69) is 4.74 Å². The van der Waals surface area contributed by atoms with Gasteiger partial charge in [-0.05, 0) is 6.92 Å². The minimum absolute atomic E-state index is 0.225. The highest BCUT2D eigenvalue weighted by atomic mass is 16.5. The standard InChI is InChI=1S/C7H14O3/c1-3-9-5-4-6-10-7(2)8/h3-6H2,1-2H3. The molecule has 0 aromatic rings. The van der Waals surface area contributed by atoms with Crippen molar-refractivity contribution in [2.45, 2.75) is 20.3 Å². The van der Waals surface area contributed by atoms with Crippen LogP contribution in [0, 0.1) is 0 Å². The maximum absolute atomic E-state index is 10.2. The third kappa shape index (κ3) is 7.43. The second kappa shape index (κ2) is 6.55. The van der Waals surface area contributed by atoms with Crippen LogP contribution in [0.5, 0.6) is 0 Å². The average Bonchev–Trinajstić information content (AvgIpc) is 1.87. The molecule has 0 aliphatic rings. The molecule has 3 nitrogen and oxygen atoms in total. The summed E-state index contributed by atoms with van der Waals surface area (Å²) < 4.78 is 9.69. The van der Waals surface area contributed by atoms with Crippen molar-refractivity contribution in [2.75, 3.05) is 19.8 Å². The van der Waals surface area contributed by atoms with Gasteiger partial charge in [-0.25, -0.2) is 0 Å². The van der Waals surface area contributed by atoms with Gasteiger partial charge in [0.25, 0.3) is 0 Å². The van der Waals surface area contributed by atoms with Gasteiger partial charge in [0.15, 0.2) is 0 Å². The van der Waals surface area contributed by atoms with Crippen LogP contribution in [0.1, 0.15) is 20.3 Å². The predicted molar refractivity (Wildman–Crippen MR) is 37.7 cm³/mol. The van der Waals surface area contributed by atoms with Crippen LogP contribution in [-0.4, -0.2) is 25.8 Å². The van der Waals surface area contributed by atoms with Gasteiger partial charge in [-0.2, -0.15) is 0 Å². The Bertz CT molecular complexity index is 90.9. The molecule has 0 aromatic carbocycles. The Morgan fingerprint density at radius 2 is 2.10 bits per heavy atom. The molecule has 0 bridgehead atoms. The van der Waals surface area contributed by atoms with E-state index in [1.807, 2.05) is 6.92 Å². The van der Waals surface area contributed by atoms with Crippen LogP contribution in [0.25, 0.3) is 0 Å². The molecule has 0 atom stereocenters. The lowest BCUT2D eigenvalue weighted by Gasteiger charge is -2.00. The highest BCUT2D eigenvalue weighted by molar-refractivity contribution is 5.65. The van der Waals surface area contributed by atoms with Gasteiger partial charge in [-0.3, -0.25) is 4.79 Å². The van der Waals surface area contributed by atoms with Gasteiger partial charge >= 0.3 is 5.97 Å². The molecular formula is C7H14O3. The molecule has 0 radical (unpaired) electrons. The molecule has 10 heavy (non-hydrogen) atoms. The van der Waals surface area contributed by atoms with Crippen molar-refractivity contribution in [2.24, 2.45) is 0 Å². The first-order valence-corrected chi connectivity index (χ1v) is 3.48. The molecule has 60 valence electrons. The molecule has 0 aliphatic heterocycles. The van der Waals surface area contributed by atoms with Crippen molar-refractivity contribution in [1.29, 1.82) is 0 Å². The van der Waals surface area contributed by atoms with E-state index in [0.717, 1.165) is 13.0 Å². The highest BCUT2D eigenvalue weighted by Gasteiger charge is 1.91. The predicted octanol–water partition coefficient (Wildman–Crippen LogP) is 0.976. The van der Waals surface area contributed by atoms with E-state index in [9.17, 15) is 4.79 Å². The van der Waals surface area contributed by atoms with Crippen LogP contribution in [0.4, 0.5) is 0 Å². The Kier molecular flexibility index (Phi) is 6.18. The van der Waals surface area contributed by atoms with Crippen molar-refractivity contribution in [3.05, 3.63) is 0 Å². The van der Waals surface area contributed by atoms with E-state index in [-0.39, 0.29) is 5.97 Å². The van der Waals surface area contributed by atoms with Gasteiger partial charge < -0.3 is 9.47 Å². The van der Waals surface area contributed by atoms with E-state index in [1.54, 1.807) is 0 Å².